The molecule has 8 heteroatoms. The summed E-state index contributed by atoms with van der Waals surface area (Å²) in [5.74, 6) is -0.684. The first kappa shape index (κ1) is 18.1. The molecule has 2 atom stereocenters. The Labute approximate surface area is 169 Å². The average molecular weight is 406 g/mol. The molecule has 1 amide bonds. The van der Waals surface area contributed by atoms with E-state index in [1.54, 1.807) is 37.3 Å². The molecule has 1 aliphatic rings. The number of nitrogens with zero attached hydrogens (tertiary/aromatic N) is 1. The Kier molecular flexibility index (Phi) is 4.13. The first-order valence-corrected chi connectivity index (χ1v) is 9.23. The third kappa shape index (κ3) is 2.93. The zero-order valence-corrected chi connectivity index (χ0v) is 15.7. The quantitative estimate of drug-likeness (QED) is 0.521. The van der Waals surface area contributed by atoms with Crippen molar-refractivity contribution in [2.45, 2.75) is 18.9 Å². The molecule has 1 N–H and O–H groups in total. The summed E-state index contributed by atoms with van der Waals surface area (Å²) in [5, 5.41) is 6.98. The lowest BCUT2D eigenvalue weighted by molar-refractivity contribution is -0.122. The molecule has 0 fully saturated rings. The first-order chi connectivity index (χ1) is 14.5. The summed E-state index contributed by atoms with van der Waals surface area (Å²) in [5.41, 5.74) is 0.518. The maximum atomic E-state index is 13.5. The predicted octanol–water partition coefficient (Wildman–Crippen LogP) is 3.76. The molecule has 0 spiro atoms. The second kappa shape index (κ2) is 6.84. The molecular formula is C22H15FN2O5. The molecule has 0 aliphatic carbocycles. The fourth-order valence-corrected chi connectivity index (χ4v) is 3.72. The molecule has 5 rings (SSSR count). The van der Waals surface area contributed by atoms with Crippen molar-refractivity contribution in [3.05, 3.63) is 87.7 Å². The summed E-state index contributed by atoms with van der Waals surface area (Å²) in [6.07, 6.45) is -1.09. The van der Waals surface area contributed by atoms with E-state index in [0.717, 1.165) is 0 Å². The minimum Gasteiger partial charge on any atom is -0.478 e. The highest BCUT2D eigenvalue weighted by Gasteiger charge is 2.44. The van der Waals surface area contributed by atoms with E-state index in [1.165, 1.54) is 24.3 Å². The van der Waals surface area contributed by atoms with Crippen LogP contribution in [0.25, 0.3) is 11.0 Å². The van der Waals surface area contributed by atoms with Crippen molar-refractivity contribution in [1.29, 1.82) is 0 Å². The van der Waals surface area contributed by atoms with Crippen LogP contribution in [-0.2, 0) is 4.79 Å². The van der Waals surface area contributed by atoms with E-state index in [4.69, 9.17) is 13.7 Å². The molecule has 30 heavy (non-hydrogen) atoms. The predicted molar refractivity (Wildman–Crippen MR) is 105 cm³/mol. The Hall–Kier alpha value is -3.94. The lowest BCUT2D eigenvalue weighted by Gasteiger charge is -2.18. The lowest BCUT2D eigenvalue weighted by atomic mass is 9.88. The minimum absolute atomic E-state index is 0.219. The SMILES string of the molecule is Cc1cc(NC(=O)[C@@H]2Oc3c(c(=O)oc4ccccc34)[C@@H]2c2ccc(F)cc2)no1. The molecule has 2 aromatic carbocycles. The molecule has 0 saturated carbocycles. The van der Waals surface area contributed by atoms with Crippen molar-refractivity contribution in [1.82, 2.24) is 5.16 Å². The number of benzene rings is 2. The van der Waals surface area contributed by atoms with Gasteiger partial charge in [-0.05, 0) is 36.8 Å². The van der Waals surface area contributed by atoms with Gasteiger partial charge in [-0.3, -0.25) is 4.79 Å². The number of fused-ring (bicyclic) bond motifs is 3. The van der Waals surface area contributed by atoms with Crippen LogP contribution in [-0.4, -0.2) is 17.2 Å². The van der Waals surface area contributed by atoms with Crippen molar-refractivity contribution >= 4 is 22.7 Å². The number of para-hydroxylation sites is 1. The summed E-state index contributed by atoms with van der Waals surface area (Å²) in [4.78, 5) is 25.9. The van der Waals surface area contributed by atoms with Gasteiger partial charge in [0.05, 0.1) is 16.9 Å². The average Bonchev–Trinajstić information content (AvgIpc) is 3.33. The van der Waals surface area contributed by atoms with Crippen molar-refractivity contribution < 1.29 is 22.9 Å². The Morgan fingerprint density at radius 1 is 1.13 bits per heavy atom. The number of aromatic nitrogens is 1. The highest BCUT2D eigenvalue weighted by atomic mass is 19.1. The molecule has 0 saturated heterocycles. The number of carbonyl (C=O) groups excluding carboxylic acids is 1. The van der Waals surface area contributed by atoms with E-state index in [-0.39, 0.29) is 17.1 Å². The number of halogens is 1. The number of nitrogens with one attached hydrogen (secondary N) is 1. The smallest absolute Gasteiger partial charge is 0.344 e. The maximum absolute atomic E-state index is 13.5. The van der Waals surface area contributed by atoms with Gasteiger partial charge >= 0.3 is 5.63 Å². The second-order valence-corrected chi connectivity index (χ2v) is 7.01. The van der Waals surface area contributed by atoms with Crippen LogP contribution in [0.15, 0.2) is 68.3 Å². The molecule has 4 aromatic rings. The zero-order chi connectivity index (χ0) is 20.8. The number of anilines is 1. The number of carbonyl (C=O) groups is 1. The van der Waals surface area contributed by atoms with Crippen molar-refractivity contribution in [2.75, 3.05) is 5.32 Å². The van der Waals surface area contributed by atoms with Crippen molar-refractivity contribution in [3.63, 3.8) is 0 Å². The summed E-state index contributed by atoms with van der Waals surface area (Å²) >= 11 is 0. The van der Waals surface area contributed by atoms with Gasteiger partial charge in [-0.2, -0.15) is 0 Å². The molecule has 1 aliphatic heterocycles. The molecule has 3 heterocycles. The number of amides is 1. The van der Waals surface area contributed by atoms with E-state index in [1.807, 2.05) is 0 Å². The number of ether oxygens (including phenoxy) is 1. The minimum atomic E-state index is -1.09. The van der Waals surface area contributed by atoms with Crippen LogP contribution in [0.4, 0.5) is 10.2 Å². The van der Waals surface area contributed by atoms with Gasteiger partial charge in [0.25, 0.3) is 5.91 Å². The number of aryl methyl sites for hydroxylation is 1. The Balaban J connectivity index is 1.64. The number of hydrogen-bond donors (Lipinski definition) is 1. The molecular weight excluding hydrogens is 391 g/mol. The largest absolute Gasteiger partial charge is 0.478 e. The highest BCUT2D eigenvalue weighted by Crippen LogP contribution is 2.44. The van der Waals surface area contributed by atoms with E-state index >= 15 is 0 Å². The van der Waals surface area contributed by atoms with E-state index in [2.05, 4.69) is 10.5 Å². The molecule has 7 nitrogen and oxygen atoms in total. The van der Waals surface area contributed by atoms with Gasteiger partial charge in [0.2, 0.25) is 0 Å². The van der Waals surface area contributed by atoms with E-state index in [0.29, 0.717) is 22.3 Å². The molecule has 150 valence electrons. The topological polar surface area (TPSA) is 94.6 Å². The van der Waals surface area contributed by atoms with Gasteiger partial charge < -0.3 is 19.0 Å². The van der Waals surface area contributed by atoms with Gasteiger partial charge in [0, 0.05) is 6.07 Å². The van der Waals surface area contributed by atoms with Crippen LogP contribution < -0.4 is 15.7 Å². The summed E-state index contributed by atoms with van der Waals surface area (Å²) in [6.45, 7) is 1.70. The van der Waals surface area contributed by atoms with Gasteiger partial charge in [-0.15, -0.1) is 0 Å². The Bertz CT molecular complexity index is 1330. The van der Waals surface area contributed by atoms with Gasteiger partial charge in [0.1, 0.15) is 22.9 Å². The third-order valence-electron chi connectivity index (χ3n) is 5.02. The van der Waals surface area contributed by atoms with Gasteiger partial charge in [-0.1, -0.05) is 29.4 Å². The van der Waals surface area contributed by atoms with Crippen LogP contribution in [0.1, 0.15) is 22.8 Å². The van der Waals surface area contributed by atoms with Crippen molar-refractivity contribution in [3.8, 4) is 5.75 Å². The zero-order valence-electron chi connectivity index (χ0n) is 15.7. The molecule has 0 unspecified atom stereocenters. The molecule has 2 aromatic heterocycles. The normalized spacial score (nSPS) is 17.5. The second-order valence-electron chi connectivity index (χ2n) is 7.01. The third-order valence-corrected chi connectivity index (χ3v) is 5.02. The van der Waals surface area contributed by atoms with E-state index in [9.17, 15) is 14.0 Å². The van der Waals surface area contributed by atoms with Crippen LogP contribution in [0.3, 0.4) is 0 Å². The Morgan fingerprint density at radius 3 is 2.63 bits per heavy atom. The van der Waals surface area contributed by atoms with Crippen molar-refractivity contribution in [2.24, 2.45) is 0 Å². The van der Waals surface area contributed by atoms with Crippen LogP contribution in [0.5, 0.6) is 5.75 Å². The summed E-state index contributed by atoms with van der Waals surface area (Å²) in [7, 11) is 0. The van der Waals surface area contributed by atoms with Gasteiger partial charge in [-0.25, -0.2) is 9.18 Å². The standard InChI is InChI=1S/C22H15FN2O5/c1-11-10-16(25-30-11)24-21(26)20-17(12-6-8-13(23)9-7-12)18-19(29-20)14-4-2-3-5-15(14)28-22(18)27/h2-10,17,20H,1H3,(H,24,25,26)/t17-,20+/m0/s1. The summed E-state index contributed by atoms with van der Waals surface area (Å²) < 4.78 is 29.9. The van der Waals surface area contributed by atoms with Crippen LogP contribution >= 0.6 is 0 Å². The maximum Gasteiger partial charge on any atom is 0.344 e. The lowest BCUT2D eigenvalue weighted by Crippen LogP contribution is -2.35. The number of hydrogen-bond acceptors (Lipinski definition) is 6. The fourth-order valence-electron chi connectivity index (χ4n) is 3.72. The number of rotatable bonds is 3. The molecule has 0 bridgehead atoms. The van der Waals surface area contributed by atoms with Crippen LogP contribution in [0.2, 0.25) is 0 Å². The summed E-state index contributed by atoms with van der Waals surface area (Å²) in [6, 6.07) is 14.1. The Morgan fingerprint density at radius 2 is 1.90 bits per heavy atom. The van der Waals surface area contributed by atoms with Crippen LogP contribution in [0, 0.1) is 12.7 Å². The molecule has 0 radical (unpaired) electrons. The van der Waals surface area contributed by atoms with E-state index < -0.39 is 29.4 Å². The fraction of sp³-hybridized carbons (Fsp3) is 0.136. The first-order valence-electron chi connectivity index (χ1n) is 9.23. The monoisotopic (exact) mass is 406 g/mol. The van der Waals surface area contributed by atoms with Gasteiger partial charge in [0.15, 0.2) is 11.9 Å². The highest BCUT2D eigenvalue weighted by molar-refractivity contribution is 5.97.